The summed E-state index contributed by atoms with van der Waals surface area (Å²) in [5.74, 6) is -0.290. The second-order valence-electron chi connectivity index (χ2n) is 4.10. The Hall–Kier alpha value is -2.16. The maximum atomic E-state index is 11.7. The van der Waals surface area contributed by atoms with E-state index in [9.17, 15) is 9.59 Å². The molecule has 1 aliphatic rings. The van der Waals surface area contributed by atoms with Crippen molar-refractivity contribution in [1.82, 2.24) is 0 Å². The zero-order chi connectivity index (χ0) is 12.4. The van der Waals surface area contributed by atoms with Crippen LogP contribution >= 0.6 is 0 Å². The van der Waals surface area contributed by atoms with Crippen molar-refractivity contribution in [3.63, 3.8) is 0 Å². The molecule has 1 aromatic carbocycles. The summed E-state index contributed by atoms with van der Waals surface area (Å²) in [5, 5.41) is 2.95. The standard InChI is InChI=1S/C14H13NO2/c1-9-3-5-11(6-4-9)15-12-8-13(16)10(2)7-14(12)17/h3-8,15H,1-2H3. The van der Waals surface area contributed by atoms with Gasteiger partial charge in [-0.2, -0.15) is 0 Å². The van der Waals surface area contributed by atoms with Crippen molar-refractivity contribution in [3.8, 4) is 0 Å². The van der Waals surface area contributed by atoms with Gasteiger partial charge in [0.15, 0.2) is 5.78 Å². The fourth-order valence-electron chi connectivity index (χ4n) is 1.55. The van der Waals surface area contributed by atoms with E-state index in [0.717, 1.165) is 11.3 Å². The normalized spacial score (nSPS) is 15.4. The van der Waals surface area contributed by atoms with E-state index in [1.54, 1.807) is 6.92 Å². The number of nitrogens with one attached hydrogen (secondary N) is 1. The van der Waals surface area contributed by atoms with Crippen LogP contribution in [0, 0.1) is 6.92 Å². The molecule has 0 heterocycles. The molecule has 0 spiro atoms. The molecule has 0 bridgehead atoms. The van der Waals surface area contributed by atoms with Crippen LogP contribution in [0.25, 0.3) is 0 Å². The average molecular weight is 227 g/mol. The second kappa shape index (κ2) is 4.37. The number of carbonyl (C=O) groups excluding carboxylic acids is 2. The van der Waals surface area contributed by atoms with Crippen molar-refractivity contribution >= 4 is 17.3 Å². The predicted octanol–water partition coefficient (Wildman–Crippen LogP) is 2.39. The Bertz CT molecular complexity index is 536. The lowest BCUT2D eigenvalue weighted by Gasteiger charge is -2.12. The van der Waals surface area contributed by atoms with Gasteiger partial charge in [-0.05, 0) is 32.1 Å². The summed E-state index contributed by atoms with van der Waals surface area (Å²) in [6.07, 6.45) is 2.70. The van der Waals surface area contributed by atoms with Gasteiger partial charge < -0.3 is 5.32 Å². The van der Waals surface area contributed by atoms with E-state index in [-0.39, 0.29) is 11.6 Å². The van der Waals surface area contributed by atoms with Gasteiger partial charge in [0.1, 0.15) is 0 Å². The van der Waals surface area contributed by atoms with Gasteiger partial charge in [-0.1, -0.05) is 17.7 Å². The molecule has 0 saturated heterocycles. The van der Waals surface area contributed by atoms with Gasteiger partial charge in [0.2, 0.25) is 5.78 Å². The number of allylic oxidation sites excluding steroid dienone is 3. The van der Waals surface area contributed by atoms with Crippen LogP contribution in [0.1, 0.15) is 12.5 Å². The first-order chi connectivity index (χ1) is 8.06. The summed E-state index contributed by atoms with van der Waals surface area (Å²) in [6.45, 7) is 3.63. The molecule has 0 radical (unpaired) electrons. The molecule has 0 aromatic heterocycles. The largest absolute Gasteiger partial charge is 0.352 e. The van der Waals surface area contributed by atoms with Crippen LogP contribution in [0.4, 0.5) is 5.69 Å². The molecule has 1 aliphatic carbocycles. The van der Waals surface area contributed by atoms with Gasteiger partial charge in [0, 0.05) is 17.3 Å². The van der Waals surface area contributed by atoms with Crippen molar-refractivity contribution in [2.75, 3.05) is 5.32 Å². The zero-order valence-corrected chi connectivity index (χ0v) is 9.78. The number of carbonyl (C=O) groups is 2. The van der Waals surface area contributed by atoms with E-state index in [1.165, 1.54) is 12.2 Å². The molecular formula is C14H13NO2. The van der Waals surface area contributed by atoms with Gasteiger partial charge in [-0.25, -0.2) is 0 Å². The van der Waals surface area contributed by atoms with E-state index in [1.807, 2.05) is 31.2 Å². The van der Waals surface area contributed by atoms with Gasteiger partial charge in [0.25, 0.3) is 0 Å². The molecule has 3 nitrogen and oxygen atoms in total. The molecule has 2 rings (SSSR count). The van der Waals surface area contributed by atoms with Crippen molar-refractivity contribution in [2.45, 2.75) is 13.8 Å². The van der Waals surface area contributed by atoms with Gasteiger partial charge in [0.05, 0.1) is 5.70 Å². The molecule has 1 aromatic rings. The number of benzene rings is 1. The molecule has 1 N–H and O–H groups in total. The highest BCUT2D eigenvalue weighted by Gasteiger charge is 2.17. The van der Waals surface area contributed by atoms with Gasteiger partial charge >= 0.3 is 0 Å². The fourth-order valence-corrected chi connectivity index (χ4v) is 1.55. The van der Waals surface area contributed by atoms with Crippen LogP contribution in [-0.4, -0.2) is 11.6 Å². The summed E-state index contributed by atoms with van der Waals surface area (Å²) in [4.78, 5) is 23.1. The number of hydrogen-bond donors (Lipinski definition) is 1. The Morgan fingerprint density at radius 2 is 1.53 bits per heavy atom. The Morgan fingerprint density at radius 1 is 0.882 bits per heavy atom. The second-order valence-corrected chi connectivity index (χ2v) is 4.10. The zero-order valence-electron chi connectivity index (χ0n) is 9.78. The number of ketones is 2. The highest BCUT2D eigenvalue weighted by molar-refractivity contribution is 6.20. The number of rotatable bonds is 2. The molecule has 86 valence electrons. The summed E-state index contributed by atoms with van der Waals surface area (Å²) < 4.78 is 0. The molecule has 0 aliphatic heterocycles. The Morgan fingerprint density at radius 3 is 2.18 bits per heavy atom. The lowest BCUT2D eigenvalue weighted by molar-refractivity contribution is -0.115. The molecule has 0 atom stereocenters. The number of anilines is 1. The molecule has 0 saturated carbocycles. The van der Waals surface area contributed by atoms with Crippen molar-refractivity contribution in [1.29, 1.82) is 0 Å². The van der Waals surface area contributed by atoms with Gasteiger partial charge in [-0.3, -0.25) is 9.59 Å². The molecule has 0 fully saturated rings. The third-order valence-corrected chi connectivity index (χ3v) is 2.61. The summed E-state index contributed by atoms with van der Waals surface area (Å²) in [6, 6.07) is 7.64. The van der Waals surface area contributed by atoms with E-state index in [0.29, 0.717) is 11.3 Å². The molecular weight excluding hydrogens is 214 g/mol. The minimum absolute atomic E-state index is 0.126. The summed E-state index contributed by atoms with van der Waals surface area (Å²) in [7, 11) is 0. The first-order valence-electron chi connectivity index (χ1n) is 5.38. The maximum absolute atomic E-state index is 11.7. The molecule has 0 unspecified atom stereocenters. The molecule has 17 heavy (non-hydrogen) atoms. The van der Waals surface area contributed by atoms with Gasteiger partial charge in [-0.15, -0.1) is 0 Å². The first-order valence-corrected chi connectivity index (χ1v) is 5.38. The smallest absolute Gasteiger partial charge is 0.202 e. The molecule has 0 amide bonds. The average Bonchev–Trinajstić information content (AvgIpc) is 2.29. The SMILES string of the molecule is CC1=CC(=O)C(Nc2ccc(C)cc2)=CC1=O. The summed E-state index contributed by atoms with van der Waals surface area (Å²) >= 11 is 0. The number of hydrogen-bond acceptors (Lipinski definition) is 3. The monoisotopic (exact) mass is 227 g/mol. The highest BCUT2D eigenvalue weighted by atomic mass is 16.1. The van der Waals surface area contributed by atoms with Crippen molar-refractivity contribution < 1.29 is 9.59 Å². The minimum Gasteiger partial charge on any atom is -0.352 e. The minimum atomic E-state index is -0.164. The van der Waals surface area contributed by atoms with E-state index in [2.05, 4.69) is 5.32 Å². The van der Waals surface area contributed by atoms with E-state index in [4.69, 9.17) is 0 Å². The van der Waals surface area contributed by atoms with Crippen molar-refractivity contribution in [3.05, 3.63) is 53.3 Å². The highest BCUT2D eigenvalue weighted by Crippen LogP contribution is 2.16. The summed E-state index contributed by atoms with van der Waals surface area (Å²) in [5.41, 5.74) is 2.75. The third-order valence-electron chi connectivity index (χ3n) is 2.61. The predicted molar refractivity (Wildman–Crippen MR) is 66.7 cm³/mol. The van der Waals surface area contributed by atoms with Crippen LogP contribution in [0.2, 0.25) is 0 Å². The van der Waals surface area contributed by atoms with E-state index < -0.39 is 0 Å². The van der Waals surface area contributed by atoms with E-state index >= 15 is 0 Å². The van der Waals surface area contributed by atoms with Crippen LogP contribution in [0.3, 0.4) is 0 Å². The quantitative estimate of drug-likeness (QED) is 0.789. The Labute approximate surface area is 99.8 Å². The van der Waals surface area contributed by atoms with Crippen LogP contribution < -0.4 is 5.32 Å². The van der Waals surface area contributed by atoms with Crippen LogP contribution in [0.5, 0.6) is 0 Å². The topological polar surface area (TPSA) is 46.2 Å². The maximum Gasteiger partial charge on any atom is 0.202 e. The van der Waals surface area contributed by atoms with Crippen LogP contribution in [0.15, 0.2) is 47.7 Å². The molecule has 3 heteroatoms. The lowest BCUT2D eigenvalue weighted by atomic mass is 10.0. The Balaban J connectivity index is 2.20. The number of aryl methyl sites for hydroxylation is 1. The van der Waals surface area contributed by atoms with Crippen molar-refractivity contribution in [2.24, 2.45) is 0 Å². The lowest BCUT2D eigenvalue weighted by Crippen LogP contribution is -2.17. The first kappa shape index (κ1) is 11.3. The fraction of sp³-hybridized carbons (Fsp3) is 0.143. The Kier molecular flexibility index (Phi) is 2.91. The van der Waals surface area contributed by atoms with Crippen LogP contribution in [-0.2, 0) is 9.59 Å². The third kappa shape index (κ3) is 2.50.